The highest BCUT2D eigenvalue weighted by Gasteiger charge is 2.15. The van der Waals surface area contributed by atoms with Crippen molar-refractivity contribution >= 4 is 16.5 Å². The number of aromatic nitrogens is 2. The molecule has 4 heteroatoms. The third-order valence-electron chi connectivity index (χ3n) is 3.38. The highest BCUT2D eigenvalue weighted by Crippen LogP contribution is 2.28. The van der Waals surface area contributed by atoms with Crippen LogP contribution in [0.2, 0.25) is 0 Å². The molecule has 1 aliphatic rings. The van der Waals surface area contributed by atoms with Crippen LogP contribution < -0.4 is 5.32 Å². The van der Waals surface area contributed by atoms with Crippen LogP contribution in [0.3, 0.4) is 0 Å². The molecule has 2 aromatic rings. The van der Waals surface area contributed by atoms with Gasteiger partial charge in [0, 0.05) is 11.6 Å². The molecule has 0 aliphatic heterocycles. The summed E-state index contributed by atoms with van der Waals surface area (Å²) in [5.74, 6) is 0. The normalized spacial score (nSPS) is 16.7. The quantitative estimate of drug-likeness (QED) is 0.907. The number of nitrogens with zero attached hydrogens (tertiary/aromatic N) is 2. The lowest BCUT2D eigenvalue weighted by Crippen LogP contribution is -2.21. The zero-order valence-electron chi connectivity index (χ0n) is 10.3. The summed E-state index contributed by atoms with van der Waals surface area (Å²) in [4.78, 5) is 0. The van der Waals surface area contributed by atoms with E-state index in [1.807, 2.05) is 18.2 Å². The maximum atomic E-state index is 4.26. The maximum absolute atomic E-state index is 4.26. The fourth-order valence-corrected chi connectivity index (χ4v) is 3.23. The van der Waals surface area contributed by atoms with Crippen LogP contribution in [-0.2, 0) is 0 Å². The first-order valence-electron chi connectivity index (χ1n) is 6.57. The summed E-state index contributed by atoms with van der Waals surface area (Å²) in [5, 5.41) is 14.0. The largest absolute Gasteiger partial charge is 0.357 e. The smallest absolute Gasteiger partial charge is 0.206 e. The third kappa shape index (κ3) is 2.70. The molecule has 1 aromatic heterocycles. The fraction of sp³-hybridized carbons (Fsp3) is 0.429. The molecule has 0 amide bonds. The van der Waals surface area contributed by atoms with Gasteiger partial charge in [0.2, 0.25) is 5.13 Å². The summed E-state index contributed by atoms with van der Waals surface area (Å²) in [6, 6.07) is 10.8. The van der Waals surface area contributed by atoms with Gasteiger partial charge in [-0.15, -0.1) is 10.2 Å². The fourth-order valence-electron chi connectivity index (χ4n) is 2.40. The van der Waals surface area contributed by atoms with Gasteiger partial charge in [0.15, 0.2) is 0 Å². The van der Waals surface area contributed by atoms with Crippen molar-refractivity contribution in [2.24, 2.45) is 0 Å². The number of rotatable bonds is 3. The van der Waals surface area contributed by atoms with Gasteiger partial charge < -0.3 is 5.32 Å². The van der Waals surface area contributed by atoms with Gasteiger partial charge in [-0.05, 0) is 12.8 Å². The molecular formula is C14H17N3S. The molecule has 1 aromatic carbocycles. The van der Waals surface area contributed by atoms with Crippen LogP contribution in [0.25, 0.3) is 10.6 Å². The van der Waals surface area contributed by atoms with Crippen LogP contribution in [0.15, 0.2) is 30.3 Å². The van der Waals surface area contributed by atoms with Crippen molar-refractivity contribution in [2.75, 3.05) is 5.32 Å². The van der Waals surface area contributed by atoms with Crippen LogP contribution in [0.4, 0.5) is 5.13 Å². The summed E-state index contributed by atoms with van der Waals surface area (Å²) < 4.78 is 0. The second kappa shape index (κ2) is 5.48. The standard InChI is InChI=1S/C14H17N3S/c1-3-7-11(8-4-1)13-16-17-14(18-13)15-12-9-5-2-6-10-12/h1,3-4,7-8,12H,2,5-6,9-10H2,(H,15,17). The van der Waals surface area contributed by atoms with Gasteiger partial charge in [-0.1, -0.05) is 60.9 Å². The molecule has 0 atom stereocenters. The lowest BCUT2D eigenvalue weighted by molar-refractivity contribution is 0.462. The zero-order valence-corrected chi connectivity index (χ0v) is 11.1. The Hall–Kier alpha value is -1.42. The number of hydrogen-bond acceptors (Lipinski definition) is 4. The molecule has 1 fully saturated rings. The Morgan fingerprint density at radius 1 is 1.00 bits per heavy atom. The molecule has 94 valence electrons. The topological polar surface area (TPSA) is 37.8 Å². The van der Waals surface area contributed by atoms with Crippen molar-refractivity contribution in [3.8, 4) is 10.6 Å². The number of nitrogens with one attached hydrogen (secondary N) is 1. The average Bonchev–Trinajstić information content (AvgIpc) is 2.89. The van der Waals surface area contributed by atoms with Gasteiger partial charge in [0.05, 0.1) is 0 Å². The summed E-state index contributed by atoms with van der Waals surface area (Å²) in [6.45, 7) is 0. The molecular weight excluding hydrogens is 242 g/mol. The predicted molar refractivity (Wildman–Crippen MR) is 75.8 cm³/mol. The SMILES string of the molecule is c1ccc(-c2nnc(NC3CCCCC3)s2)cc1. The van der Waals surface area contributed by atoms with E-state index in [9.17, 15) is 0 Å². The van der Waals surface area contributed by atoms with E-state index in [1.54, 1.807) is 11.3 Å². The minimum absolute atomic E-state index is 0.593. The minimum Gasteiger partial charge on any atom is -0.357 e. The molecule has 1 N–H and O–H groups in total. The molecule has 1 aliphatic carbocycles. The van der Waals surface area contributed by atoms with Crippen molar-refractivity contribution in [3.05, 3.63) is 30.3 Å². The van der Waals surface area contributed by atoms with Crippen LogP contribution in [0.1, 0.15) is 32.1 Å². The van der Waals surface area contributed by atoms with Gasteiger partial charge in [-0.3, -0.25) is 0 Å². The molecule has 1 saturated carbocycles. The van der Waals surface area contributed by atoms with E-state index in [0.717, 1.165) is 15.7 Å². The summed E-state index contributed by atoms with van der Waals surface area (Å²) >= 11 is 1.65. The van der Waals surface area contributed by atoms with Gasteiger partial charge in [0.1, 0.15) is 5.01 Å². The lowest BCUT2D eigenvalue weighted by atomic mass is 9.96. The monoisotopic (exact) mass is 259 g/mol. The highest BCUT2D eigenvalue weighted by atomic mass is 32.1. The molecule has 3 nitrogen and oxygen atoms in total. The van der Waals surface area contributed by atoms with E-state index in [0.29, 0.717) is 6.04 Å². The molecule has 0 saturated heterocycles. The van der Waals surface area contributed by atoms with Gasteiger partial charge >= 0.3 is 0 Å². The molecule has 1 heterocycles. The summed E-state index contributed by atoms with van der Waals surface area (Å²) in [5.41, 5.74) is 1.15. The van der Waals surface area contributed by atoms with Crippen LogP contribution in [0.5, 0.6) is 0 Å². The van der Waals surface area contributed by atoms with E-state index < -0.39 is 0 Å². The van der Waals surface area contributed by atoms with E-state index in [1.165, 1.54) is 32.1 Å². The lowest BCUT2D eigenvalue weighted by Gasteiger charge is -2.21. The van der Waals surface area contributed by atoms with Crippen LogP contribution in [0, 0.1) is 0 Å². The number of anilines is 1. The first-order valence-corrected chi connectivity index (χ1v) is 7.39. The van der Waals surface area contributed by atoms with Crippen molar-refractivity contribution in [1.82, 2.24) is 10.2 Å². The Bertz CT molecular complexity index is 489. The maximum Gasteiger partial charge on any atom is 0.206 e. The Kier molecular flexibility index (Phi) is 3.55. The van der Waals surface area contributed by atoms with Gasteiger partial charge in [-0.25, -0.2) is 0 Å². The van der Waals surface area contributed by atoms with E-state index in [2.05, 4.69) is 27.6 Å². The highest BCUT2D eigenvalue weighted by molar-refractivity contribution is 7.18. The van der Waals surface area contributed by atoms with E-state index in [-0.39, 0.29) is 0 Å². The van der Waals surface area contributed by atoms with Gasteiger partial charge in [-0.2, -0.15) is 0 Å². The Morgan fingerprint density at radius 3 is 2.56 bits per heavy atom. The Morgan fingerprint density at radius 2 is 1.78 bits per heavy atom. The van der Waals surface area contributed by atoms with Crippen LogP contribution >= 0.6 is 11.3 Å². The Labute approximate surface area is 111 Å². The third-order valence-corrected chi connectivity index (χ3v) is 4.28. The predicted octanol–water partition coefficient (Wildman–Crippen LogP) is 3.95. The molecule has 0 unspecified atom stereocenters. The molecule has 0 spiro atoms. The zero-order chi connectivity index (χ0) is 12.2. The van der Waals surface area contributed by atoms with E-state index in [4.69, 9.17) is 0 Å². The van der Waals surface area contributed by atoms with Crippen molar-refractivity contribution in [1.29, 1.82) is 0 Å². The molecule has 0 radical (unpaired) electrons. The van der Waals surface area contributed by atoms with E-state index >= 15 is 0 Å². The average molecular weight is 259 g/mol. The summed E-state index contributed by atoms with van der Waals surface area (Å²) in [7, 11) is 0. The van der Waals surface area contributed by atoms with Crippen molar-refractivity contribution in [2.45, 2.75) is 38.1 Å². The summed E-state index contributed by atoms with van der Waals surface area (Å²) in [6.07, 6.45) is 6.58. The first-order chi connectivity index (χ1) is 8.92. The first kappa shape index (κ1) is 11.7. The van der Waals surface area contributed by atoms with Crippen LogP contribution in [-0.4, -0.2) is 16.2 Å². The second-order valence-corrected chi connectivity index (χ2v) is 5.74. The molecule has 3 rings (SSSR count). The number of benzene rings is 1. The second-order valence-electron chi connectivity index (χ2n) is 4.76. The van der Waals surface area contributed by atoms with Crippen molar-refractivity contribution in [3.63, 3.8) is 0 Å². The Balaban J connectivity index is 1.69. The number of hydrogen-bond donors (Lipinski definition) is 1. The molecule has 18 heavy (non-hydrogen) atoms. The van der Waals surface area contributed by atoms with Gasteiger partial charge in [0.25, 0.3) is 0 Å². The molecule has 0 bridgehead atoms. The minimum atomic E-state index is 0.593. The van der Waals surface area contributed by atoms with Crippen molar-refractivity contribution < 1.29 is 0 Å².